The maximum absolute atomic E-state index is 11.2. The Hall–Kier alpha value is -0.570. The van der Waals surface area contributed by atoms with E-state index in [4.69, 9.17) is 5.73 Å². The van der Waals surface area contributed by atoms with Crippen LogP contribution in [0.1, 0.15) is 40.5 Å². The summed E-state index contributed by atoms with van der Waals surface area (Å²) in [5.74, 6) is 0.680. The zero-order chi connectivity index (χ0) is 10.5. The quantitative estimate of drug-likeness (QED) is 0.679. The fourth-order valence-electron chi connectivity index (χ4n) is 0.977. The smallest absolute Gasteiger partial charge is 0.221 e. The van der Waals surface area contributed by atoms with Crippen LogP contribution in [-0.4, -0.2) is 18.0 Å². The third-order valence-corrected chi connectivity index (χ3v) is 1.66. The Morgan fingerprint density at radius 1 is 1.46 bits per heavy atom. The van der Waals surface area contributed by atoms with Crippen LogP contribution in [0.3, 0.4) is 0 Å². The van der Waals surface area contributed by atoms with Crippen LogP contribution in [-0.2, 0) is 4.79 Å². The van der Waals surface area contributed by atoms with Crippen LogP contribution in [0.15, 0.2) is 0 Å². The van der Waals surface area contributed by atoms with Crippen molar-refractivity contribution < 1.29 is 4.79 Å². The monoisotopic (exact) mass is 186 g/mol. The van der Waals surface area contributed by atoms with Gasteiger partial charge >= 0.3 is 0 Å². The van der Waals surface area contributed by atoms with Crippen LogP contribution < -0.4 is 11.1 Å². The predicted molar refractivity (Wildman–Crippen MR) is 55.3 cm³/mol. The van der Waals surface area contributed by atoms with E-state index in [1.165, 1.54) is 0 Å². The summed E-state index contributed by atoms with van der Waals surface area (Å²) in [4.78, 5) is 11.2. The molecule has 0 saturated heterocycles. The van der Waals surface area contributed by atoms with E-state index in [9.17, 15) is 4.79 Å². The summed E-state index contributed by atoms with van der Waals surface area (Å²) in [6.07, 6.45) is 1.42. The average molecular weight is 186 g/mol. The molecular formula is C10H22N2O. The number of nitrogens with two attached hydrogens (primary N) is 1. The van der Waals surface area contributed by atoms with Crippen LogP contribution in [0.5, 0.6) is 0 Å². The van der Waals surface area contributed by atoms with Crippen molar-refractivity contribution in [3.63, 3.8) is 0 Å². The first-order valence-corrected chi connectivity index (χ1v) is 4.87. The molecule has 0 heterocycles. The highest BCUT2D eigenvalue weighted by Crippen LogP contribution is 2.03. The van der Waals surface area contributed by atoms with Gasteiger partial charge in [0, 0.05) is 18.5 Å². The lowest BCUT2D eigenvalue weighted by Crippen LogP contribution is -2.39. The largest absolute Gasteiger partial charge is 0.356 e. The highest BCUT2D eigenvalue weighted by Gasteiger charge is 2.15. The number of hydrogen-bond donors (Lipinski definition) is 2. The van der Waals surface area contributed by atoms with Gasteiger partial charge in [0.25, 0.3) is 0 Å². The lowest BCUT2D eigenvalue weighted by molar-refractivity contribution is -0.122. The topological polar surface area (TPSA) is 55.1 Å². The minimum absolute atomic E-state index is 0.0492. The molecule has 78 valence electrons. The number of hydrogen-bond acceptors (Lipinski definition) is 2. The van der Waals surface area contributed by atoms with Gasteiger partial charge in [-0.2, -0.15) is 0 Å². The standard InChI is InChI=1S/C10H22N2O/c1-8(2)5-6-12-9(13)7-10(3,4)11/h8H,5-7,11H2,1-4H3,(H,12,13). The molecule has 0 saturated carbocycles. The van der Waals surface area contributed by atoms with E-state index in [2.05, 4.69) is 19.2 Å². The van der Waals surface area contributed by atoms with E-state index in [-0.39, 0.29) is 5.91 Å². The van der Waals surface area contributed by atoms with Gasteiger partial charge in [-0.1, -0.05) is 13.8 Å². The normalized spacial score (nSPS) is 11.8. The van der Waals surface area contributed by atoms with Crippen LogP contribution in [0, 0.1) is 5.92 Å². The molecule has 0 aliphatic heterocycles. The van der Waals surface area contributed by atoms with E-state index >= 15 is 0 Å². The maximum atomic E-state index is 11.2. The van der Waals surface area contributed by atoms with Crippen LogP contribution >= 0.6 is 0 Å². The van der Waals surface area contributed by atoms with Crippen LogP contribution in [0.2, 0.25) is 0 Å². The molecular weight excluding hydrogens is 164 g/mol. The molecule has 3 nitrogen and oxygen atoms in total. The molecule has 0 bridgehead atoms. The third kappa shape index (κ3) is 9.34. The highest BCUT2D eigenvalue weighted by atomic mass is 16.1. The first-order chi connectivity index (χ1) is 5.81. The maximum Gasteiger partial charge on any atom is 0.221 e. The van der Waals surface area contributed by atoms with Gasteiger partial charge in [-0.25, -0.2) is 0 Å². The van der Waals surface area contributed by atoms with Crippen molar-refractivity contribution in [3.05, 3.63) is 0 Å². The van der Waals surface area contributed by atoms with Crippen LogP contribution in [0.25, 0.3) is 0 Å². The first-order valence-electron chi connectivity index (χ1n) is 4.87. The molecule has 0 spiro atoms. The minimum atomic E-state index is -0.401. The van der Waals surface area contributed by atoms with Crippen molar-refractivity contribution in [2.24, 2.45) is 11.7 Å². The molecule has 0 aromatic carbocycles. The summed E-state index contributed by atoms with van der Waals surface area (Å²) >= 11 is 0. The molecule has 3 N–H and O–H groups in total. The van der Waals surface area contributed by atoms with Crippen molar-refractivity contribution in [2.45, 2.75) is 46.1 Å². The van der Waals surface area contributed by atoms with Crippen molar-refractivity contribution in [2.75, 3.05) is 6.54 Å². The summed E-state index contributed by atoms with van der Waals surface area (Å²) in [5, 5.41) is 2.85. The molecule has 0 rings (SSSR count). The van der Waals surface area contributed by atoms with E-state index < -0.39 is 5.54 Å². The molecule has 0 aromatic rings. The SMILES string of the molecule is CC(C)CCNC(=O)CC(C)(C)N. The van der Waals surface area contributed by atoms with Crippen molar-refractivity contribution in [1.82, 2.24) is 5.32 Å². The molecule has 13 heavy (non-hydrogen) atoms. The molecule has 0 aromatic heterocycles. The summed E-state index contributed by atoms with van der Waals surface area (Å²) in [5.41, 5.74) is 5.31. The summed E-state index contributed by atoms with van der Waals surface area (Å²) in [6.45, 7) is 8.74. The Kier molecular flexibility index (Phi) is 4.99. The van der Waals surface area contributed by atoms with E-state index in [1.807, 2.05) is 13.8 Å². The average Bonchev–Trinajstić information content (AvgIpc) is 1.81. The first kappa shape index (κ1) is 12.4. The Balaban J connectivity index is 3.53. The highest BCUT2D eigenvalue weighted by molar-refractivity contribution is 5.76. The molecule has 0 unspecified atom stereocenters. The molecule has 1 amide bonds. The van der Waals surface area contributed by atoms with Gasteiger partial charge in [-0.05, 0) is 26.2 Å². The zero-order valence-electron chi connectivity index (χ0n) is 9.18. The second kappa shape index (κ2) is 5.22. The fraction of sp³-hybridized carbons (Fsp3) is 0.900. The summed E-state index contributed by atoms with van der Waals surface area (Å²) in [7, 11) is 0. The molecule has 0 aliphatic rings. The van der Waals surface area contributed by atoms with Crippen molar-refractivity contribution >= 4 is 5.91 Å². The number of carbonyl (C=O) groups is 1. The Morgan fingerprint density at radius 3 is 2.38 bits per heavy atom. The Bertz CT molecular complexity index is 159. The lowest BCUT2D eigenvalue weighted by atomic mass is 10.0. The third-order valence-electron chi connectivity index (χ3n) is 1.66. The molecule has 0 aliphatic carbocycles. The van der Waals surface area contributed by atoms with Gasteiger partial charge in [0.05, 0.1) is 0 Å². The van der Waals surface area contributed by atoms with Crippen molar-refractivity contribution in [1.29, 1.82) is 0 Å². The number of carbonyl (C=O) groups excluding carboxylic acids is 1. The van der Waals surface area contributed by atoms with E-state index in [1.54, 1.807) is 0 Å². The van der Waals surface area contributed by atoms with Gasteiger partial charge in [0.1, 0.15) is 0 Å². The fourth-order valence-corrected chi connectivity index (χ4v) is 0.977. The van der Waals surface area contributed by atoms with Gasteiger partial charge in [-0.15, -0.1) is 0 Å². The zero-order valence-corrected chi connectivity index (χ0v) is 9.18. The summed E-state index contributed by atoms with van der Waals surface area (Å²) < 4.78 is 0. The number of amides is 1. The lowest BCUT2D eigenvalue weighted by Gasteiger charge is -2.17. The predicted octanol–water partition coefficient (Wildman–Crippen LogP) is 1.28. The van der Waals surface area contributed by atoms with Gasteiger partial charge < -0.3 is 11.1 Å². The van der Waals surface area contributed by atoms with Crippen LogP contribution in [0.4, 0.5) is 0 Å². The molecule has 0 atom stereocenters. The molecule has 0 fully saturated rings. The van der Waals surface area contributed by atoms with E-state index in [0.717, 1.165) is 13.0 Å². The molecule has 0 radical (unpaired) electrons. The second-order valence-corrected chi connectivity index (χ2v) is 4.70. The Labute approximate surface area is 81.1 Å². The van der Waals surface area contributed by atoms with Crippen molar-refractivity contribution in [3.8, 4) is 0 Å². The Morgan fingerprint density at radius 2 is 2.00 bits per heavy atom. The number of nitrogens with one attached hydrogen (secondary N) is 1. The summed E-state index contributed by atoms with van der Waals surface area (Å²) in [6, 6.07) is 0. The van der Waals surface area contributed by atoms with Gasteiger partial charge in [0.2, 0.25) is 5.91 Å². The minimum Gasteiger partial charge on any atom is -0.356 e. The van der Waals surface area contributed by atoms with E-state index in [0.29, 0.717) is 12.3 Å². The van der Waals surface area contributed by atoms with Gasteiger partial charge in [-0.3, -0.25) is 4.79 Å². The molecule has 3 heteroatoms. The van der Waals surface area contributed by atoms with Gasteiger partial charge in [0.15, 0.2) is 0 Å². The number of rotatable bonds is 5. The second-order valence-electron chi connectivity index (χ2n) is 4.70.